The molecule has 100 valence electrons. The van der Waals surface area contributed by atoms with Crippen molar-refractivity contribution in [3.8, 4) is 5.75 Å². The van der Waals surface area contributed by atoms with Crippen LogP contribution in [0.4, 0.5) is 5.69 Å². The van der Waals surface area contributed by atoms with E-state index in [1.807, 2.05) is 25.1 Å². The highest BCUT2D eigenvalue weighted by molar-refractivity contribution is 5.79. The zero-order valence-electron chi connectivity index (χ0n) is 11.4. The third-order valence-corrected chi connectivity index (χ3v) is 2.53. The smallest absolute Gasteiger partial charge is 0.327 e. The molecule has 0 saturated carbocycles. The lowest BCUT2D eigenvalue weighted by Gasteiger charge is -2.17. The molecule has 0 heterocycles. The van der Waals surface area contributed by atoms with E-state index in [9.17, 15) is 4.79 Å². The second kappa shape index (κ2) is 6.89. The number of benzene rings is 1. The molecule has 0 aromatic heterocycles. The highest BCUT2D eigenvalue weighted by Gasteiger charge is 2.14. The van der Waals surface area contributed by atoms with Crippen molar-refractivity contribution in [1.29, 1.82) is 0 Å². The van der Waals surface area contributed by atoms with Crippen LogP contribution in [-0.2, 0) is 9.53 Å². The minimum Gasteiger partial charge on any atom is -0.491 e. The largest absolute Gasteiger partial charge is 0.491 e. The highest BCUT2D eigenvalue weighted by atomic mass is 16.5. The first-order valence-corrected chi connectivity index (χ1v) is 6.16. The summed E-state index contributed by atoms with van der Waals surface area (Å²) >= 11 is 0. The van der Waals surface area contributed by atoms with E-state index in [4.69, 9.17) is 4.74 Å². The van der Waals surface area contributed by atoms with Crippen LogP contribution in [0.1, 0.15) is 25.8 Å². The van der Waals surface area contributed by atoms with E-state index in [1.54, 1.807) is 6.92 Å². The summed E-state index contributed by atoms with van der Waals surface area (Å²) in [4.78, 5) is 11.4. The lowest BCUT2D eigenvalue weighted by molar-refractivity contribution is -0.141. The van der Waals surface area contributed by atoms with Gasteiger partial charge in [-0.15, -0.1) is 0 Å². The Morgan fingerprint density at radius 1 is 1.44 bits per heavy atom. The van der Waals surface area contributed by atoms with Gasteiger partial charge in [-0.05, 0) is 38.0 Å². The molecule has 0 spiro atoms. The van der Waals surface area contributed by atoms with Gasteiger partial charge in [-0.25, -0.2) is 4.79 Å². The fourth-order valence-electron chi connectivity index (χ4n) is 1.55. The van der Waals surface area contributed by atoms with Gasteiger partial charge in [0.25, 0.3) is 0 Å². The van der Waals surface area contributed by atoms with Gasteiger partial charge in [-0.1, -0.05) is 13.0 Å². The van der Waals surface area contributed by atoms with E-state index in [0.29, 0.717) is 6.61 Å². The molecule has 0 aliphatic heterocycles. The Bertz CT molecular complexity index is 404. The summed E-state index contributed by atoms with van der Waals surface area (Å²) in [5.74, 6) is 0.476. The molecular formula is C14H21NO3. The number of carbonyl (C=O) groups excluding carboxylic acids is 1. The normalized spacial score (nSPS) is 11.8. The van der Waals surface area contributed by atoms with Crippen LogP contribution in [0, 0.1) is 6.92 Å². The molecule has 1 unspecified atom stereocenters. The molecule has 0 radical (unpaired) electrons. The fraction of sp³-hybridized carbons (Fsp3) is 0.500. The first-order chi connectivity index (χ1) is 8.58. The number of aryl methyl sites for hydroxylation is 1. The summed E-state index contributed by atoms with van der Waals surface area (Å²) in [6.07, 6.45) is 0.944. The Kier molecular flexibility index (Phi) is 5.49. The average Bonchev–Trinajstić information content (AvgIpc) is 2.37. The molecule has 0 saturated heterocycles. The maximum Gasteiger partial charge on any atom is 0.327 e. The molecule has 1 rings (SSSR count). The fourth-order valence-corrected chi connectivity index (χ4v) is 1.55. The van der Waals surface area contributed by atoms with Gasteiger partial charge in [0.2, 0.25) is 0 Å². The number of nitrogens with one attached hydrogen (secondary N) is 1. The minimum atomic E-state index is -0.401. The maximum atomic E-state index is 11.4. The third kappa shape index (κ3) is 3.95. The van der Waals surface area contributed by atoms with Gasteiger partial charge in [0.15, 0.2) is 0 Å². The molecule has 1 atom stereocenters. The second-order valence-corrected chi connectivity index (χ2v) is 4.24. The molecule has 1 aromatic carbocycles. The topological polar surface area (TPSA) is 47.6 Å². The predicted molar refractivity (Wildman–Crippen MR) is 72.1 cm³/mol. The first-order valence-electron chi connectivity index (χ1n) is 6.16. The van der Waals surface area contributed by atoms with Crippen molar-refractivity contribution >= 4 is 11.7 Å². The van der Waals surface area contributed by atoms with Crippen LogP contribution >= 0.6 is 0 Å². The zero-order chi connectivity index (χ0) is 13.5. The first kappa shape index (κ1) is 14.4. The molecule has 18 heavy (non-hydrogen) atoms. The van der Waals surface area contributed by atoms with E-state index < -0.39 is 6.04 Å². The molecule has 4 heteroatoms. The molecular weight excluding hydrogens is 230 g/mol. The van der Waals surface area contributed by atoms with Gasteiger partial charge in [0, 0.05) is 0 Å². The van der Waals surface area contributed by atoms with Crippen LogP contribution in [0.25, 0.3) is 0 Å². The number of esters is 1. The lowest BCUT2D eigenvalue weighted by atomic mass is 10.2. The van der Waals surface area contributed by atoms with Crippen LogP contribution in [-0.4, -0.2) is 25.7 Å². The van der Waals surface area contributed by atoms with Crippen molar-refractivity contribution in [3.05, 3.63) is 23.8 Å². The van der Waals surface area contributed by atoms with E-state index in [0.717, 1.165) is 23.4 Å². The Balaban J connectivity index is 2.83. The van der Waals surface area contributed by atoms with Gasteiger partial charge in [0.1, 0.15) is 11.8 Å². The van der Waals surface area contributed by atoms with Crippen molar-refractivity contribution in [1.82, 2.24) is 0 Å². The van der Waals surface area contributed by atoms with E-state index in [2.05, 4.69) is 17.0 Å². The van der Waals surface area contributed by atoms with Crippen molar-refractivity contribution in [2.45, 2.75) is 33.2 Å². The monoisotopic (exact) mass is 251 g/mol. The van der Waals surface area contributed by atoms with E-state index in [1.165, 1.54) is 7.11 Å². The average molecular weight is 251 g/mol. The quantitative estimate of drug-likeness (QED) is 0.790. The van der Waals surface area contributed by atoms with Crippen LogP contribution in [0.5, 0.6) is 5.75 Å². The number of hydrogen-bond acceptors (Lipinski definition) is 4. The molecule has 0 amide bonds. The number of methoxy groups -OCH3 is 1. The predicted octanol–water partition coefficient (Wildman–Crippen LogP) is 2.76. The molecule has 0 fully saturated rings. The molecule has 0 bridgehead atoms. The number of anilines is 1. The van der Waals surface area contributed by atoms with E-state index >= 15 is 0 Å². The van der Waals surface area contributed by atoms with Crippen molar-refractivity contribution in [2.24, 2.45) is 0 Å². The van der Waals surface area contributed by atoms with Gasteiger partial charge < -0.3 is 14.8 Å². The van der Waals surface area contributed by atoms with Crippen LogP contribution in [0.2, 0.25) is 0 Å². The Labute approximate surface area is 108 Å². The number of hydrogen-bond donors (Lipinski definition) is 1. The maximum absolute atomic E-state index is 11.4. The van der Waals surface area contributed by atoms with Gasteiger partial charge >= 0.3 is 5.97 Å². The lowest BCUT2D eigenvalue weighted by Crippen LogP contribution is -2.27. The van der Waals surface area contributed by atoms with E-state index in [-0.39, 0.29) is 5.97 Å². The highest BCUT2D eigenvalue weighted by Crippen LogP contribution is 2.26. The summed E-state index contributed by atoms with van der Waals surface area (Å²) < 4.78 is 10.4. The summed E-state index contributed by atoms with van der Waals surface area (Å²) in [7, 11) is 1.38. The second-order valence-electron chi connectivity index (χ2n) is 4.24. The Hall–Kier alpha value is -1.71. The van der Waals surface area contributed by atoms with Crippen molar-refractivity contribution in [3.63, 3.8) is 0 Å². The van der Waals surface area contributed by atoms with Crippen molar-refractivity contribution in [2.75, 3.05) is 19.0 Å². The summed E-state index contributed by atoms with van der Waals surface area (Å²) in [5, 5.41) is 3.10. The summed E-state index contributed by atoms with van der Waals surface area (Å²) in [6, 6.07) is 5.45. The van der Waals surface area contributed by atoms with Gasteiger partial charge in [0.05, 0.1) is 19.4 Å². The molecule has 0 aliphatic rings. The standard InChI is InChI=1S/C14H21NO3/c1-5-8-18-13-9-10(2)6-7-12(13)15-11(3)14(16)17-4/h6-7,9,11,15H,5,8H2,1-4H3. The summed E-state index contributed by atoms with van der Waals surface area (Å²) in [5.41, 5.74) is 1.93. The van der Waals surface area contributed by atoms with Gasteiger partial charge in [-0.2, -0.15) is 0 Å². The van der Waals surface area contributed by atoms with Gasteiger partial charge in [-0.3, -0.25) is 0 Å². The molecule has 1 N–H and O–H groups in total. The number of carbonyl (C=O) groups is 1. The minimum absolute atomic E-state index is 0.294. The Morgan fingerprint density at radius 3 is 2.78 bits per heavy atom. The molecule has 4 nitrogen and oxygen atoms in total. The van der Waals surface area contributed by atoms with Crippen LogP contribution in [0.15, 0.2) is 18.2 Å². The number of rotatable bonds is 6. The summed E-state index contributed by atoms with van der Waals surface area (Å²) in [6.45, 7) is 6.48. The third-order valence-electron chi connectivity index (χ3n) is 2.53. The SMILES string of the molecule is CCCOc1cc(C)ccc1NC(C)C(=O)OC. The van der Waals surface area contributed by atoms with Crippen LogP contribution in [0.3, 0.4) is 0 Å². The Morgan fingerprint density at radius 2 is 2.17 bits per heavy atom. The van der Waals surface area contributed by atoms with Crippen molar-refractivity contribution < 1.29 is 14.3 Å². The van der Waals surface area contributed by atoms with Crippen LogP contribution < -0.4 is 10.1 Å². The molecule has 1 aromatic rings. The molecule has 0 aliphatic carbocycles. The number of ether oxygens (including phenoxy) is 2. The zero-order valence-corrected chi connectivity index (χ0v) is 11.4.